The van der Waals surface area contributed by atoms with Gasteiger partial charge in [0.05, 0.1) is 5.92 Å². The summed E-state index contributed by atoms with van der Waals surface area (Å²) in [6, 6.07) is 8.22. The molecule has 0 aliphatic carbocycles. The maximum absolute atomic E-state index is 12.4. The Bertz CT molecular complexity index is 469. The van der Waals surface area contributed by atoms with E-state index in [9.17, 15) is 4.79 Å². The smallest absolute Gasteiger partial charge is 0.228 e. The Kier molecular flexibility index (Phi) is 4.33. The van der Waals surface area contributed by atoms with Crippen LogP contribution in [0.3, 0.4) is 0 Å². The number of benzene rings is 1. The van der Waals surface area contributed by atoms with Crippen molar-refractivity contribution in [1.29, 1.82) is 0 Å². The average Bonchev–Trinajstić information content (AvgIpc) is 2.53. The van der Waals surface area contributed by atoms with Crippen molar-refractivity contribution in [2.45, 2.75) is 25.3 Å². The van der Waals surface area contributed by atoms with Gasteiger partial charge in [0.15, 0.2) is 0 Å². The Morgan fingerprint density at radius 3 is 2.95 bits per heavy atom. The van der Waals surface area contributed by atoms with E-state index in [2.05, 4.69) is 22.8 Å². The van der Waals surface area contributed by atoms with Gasteiger partial charge in [0.25, 0.3) is 0 Å². The summed E-state index contributed by atoms with van der Waals surface area (Å²) in [7, 11) is 0. The van der Waals surface area contributed by atoms with E-state index in [1.165, 1.54) is 11.1 Å². The van der Waals surface area contributed by atoms with Crippen LogP contribution in [0.4, 0.5) is 0 Å². The number of carbonyl (C=O) groups is 1. The van der Waals surface area contributed by atoms with Gasteiger partial charge in [-0.05, 0) is 29.9 Å². The molecule has 1 amide bonds. The molecule has 2 heterocycles. The van der Waals surface area contributed by atoms with Crippen molar-refractivity contribution in [2.75, 3.05) is 26.3 Å². The number of ether oxygens (including phenoxy) is 1. The maximum Gasteiger partial charge on any atom is 0.228 e. The molecule has 4 heteroatoms. The highest BCUT2D eigenvalue weighted by Gasteiger charge is 2.26. The summed E-state index contributed by atoms with van der Waals surface area (Å²) in [6.45, 7) is 4.03. The number of fused-ring (bicyclic) bond motifs is 1. The second-order valence-corrected chi connectivity index (χ2v) is 5.68. The third-order valence-electron chi connectivity index (χ3n) is 4.32. The molecule has 1 saturated heterocycles. The summed E-state index contributed by atoms with van der Waals surface area (Å²) < 4.78 is 5.35. The average molecular weight is 274 g/mol. The molecule has 3 rings (SSSR count). The number of hydrogen-bond acceptors (Lipinski definition) is 3. The molecular weight excluding hydrogens is 252 g/mol. The third kappa shape index (κ3) is 3.02. The molecule has 1 atom stereocenters. The van der Waals surface area contributed by atoms with Crippen LogP contribution in [0.2, 0.25) is 0 Å². The van der Waals surface area contributed by atoms with Crippen molar-refractivity contribution in [3.63, 3.8) is 0 Å². The molecule has 0 saturated carbocycles. The highest BCUT2D eigenvalue weighted by Crippen LogP contribution is 2.24. The highest BCUT2D eigenvalue weighted by molar-refractivity contribution is 5.84. The van der Waals surface area contributed by atoms with Crippen LogP contribution in [0.1, 0.15) is 29.9 Å². The minimum atomic E-state index is -0.0557. The lowest BCUT2D eigenvalue weighted by atomic mass is 9.90. The van der Waals surface area contributed by atoms with Gasteiger partial charge in [-0.2, -0.15) is 0 Å². The summed E-state index contributed by atoms with van der Waals surface area (Å²) in [5, 5.41) is 6.46. The monoisotopic (exact) mass is 274 g/mol. The second-order valence-electron chi connectivity index (χ2n) is 5.68. The first-order chi connectivity index (χ1) is 9.84. The predicted molar refractivity (Wildman–Crippen MR) is 77.4 cm³/mol. The molecule has 0 radical (unpaired) electrons. The molecule has 0 bridgehead atoms. The Morgan fingerprint density at radius 2 is 2.10 bits per heavy atom. The molecule has 2 aliphatic rings. The van der Waals surface area contributed by atoms with Crippen molar-refractivity contribution >= 4 is 5.91 Å². The minimum Gasteiger partial charge on any atom is -0.381 e. The van der Waals surface area contributed by atoms with Crippen molar-refractivity contribution < 1.29 is 9.53 Å². The molecular formula is C16H22N2O2. The molecule has 1 fully saturated rings. The number of carbonyl (C=O) groups excluding carboxylic acids is 1. The van der Waals surface area contributed by atoms with Gasteiger partial charge >= 0.3 is 0 Å². The Labute approximate surface area is 119 Å². The summed E-state index contributed by atoms with van der Waals surface area (Å²) >= 11 is 0. The van der Waals surface area contributed by atoms with Gasteiger partial charge in [-0.3, -0.25) is 4.79 Å². The van der Waals surface area contributed by atoms with Crippen molar-refractivity contribution in [2.24, 2.45) is 5.92 Å². The van der Waals surface area contributed by atoms with Crippen LogP contribution in [0.15, 0.2) is 24.3 Å². The molecule has 108 valence electrons. The first-order valence-corrected chi connectivity index (χ1v) is 7.48. The van der Waals surface area contributed by atoms with Gasteiger partial charge in [-0.1, -0.05) is 24.3 Å². The largest absolute Gasteiger partial charge is 0.381 e. The van der Waals surface area contributed by atoms with E-state index in [0.29, 0.717) is 5.92 Å². The van der Waals surface area contributed by atoms with Crippen LogP contribution in [-0.4, -0.2) is 32.2 Å². The van der Waals surface area contributed by atoms with E-state index in [1.54, 1.807) is 0 Å². The fourth-order valence-electron chi connectivity index (χ4n) is 3.05. The van der Waals surface area contributed by atoms with Crippen LogP contribution < -0.4 is 10.6 Å². The lowest BCUT2D eigenvalue weighted by Gasteiger charge is -2.27. The SMILES string of the molecule is O=C(NCC1CCOCC1)C1CNCc2ccccc21. The van der Waals surface area contributed by atoms with E-state index in [4.69, 9.17) is 4.74 Å². The Morgan fingerprint density at radius 1 is 1.30 bits per heavy atom. The fourth-order valence-corrected chi connectivity index (χ4v) is 3.05. The molecule has 1 aromatic carbocycles. The van der Waals surface area contributed by atoms with Crippen molar-refractivity contribution in [3.8, 4) is 0 Å². The van der Waals surface area contributed by atoms with Crippen LogP contribution >= 0.6 is 0 Å². The number of amides is 1. The van der Waals surface area contributed by atoms with Crippen LogP contribution in [0, 0.1) is 5.92 Å². The Balaban J connectivity index is 1.60. The molecule has 2 N–H and O–H groups in total. The van der Waals surface area contributed by atoms with Gasteiger partial charge < -0.3 is 15.4 Å². The van der Waals surface area contributed by atoms with Crippen LogP contribution in [0.25, 0.3) is 0 Å². The zero-order valence-corrected chi connectivity index (χ0v) is 11.7. The van der Waals surface area contributed by atoms with Gasteiger partial charge in [0.1, 0.15) is 0 Å². The van der Waals surface area contributed by atoms with Gasteiger partial charge in [0.2, 0.25) is 5.91 Å². The summed E-state index contributed by atoms with van der Waals surface area (Å²) in [4.78, 5) is 12.4. The van der Waals surface area contributed by atoms with E-state index >= 15 is 0 Å². The topological polar surface area (TPSA) is 50.4 Å². The standard InChI is InChI=1S/C16H22N2O2/c19-16(18-9-12-5-7-20-8-6-12)15-11-17-10-13-3-1-2-4-14(13)15/h1-4,12,15,17H,5-11H2,(H,18,19). The first-order valence-electron chi connectivity index (χ1n) is 7.48. The van der Waals surface area contributed by atoms with Crippen molar-refractivity contribution in [1.82, 2.24) is 10.6 Å². The van der Waals surface area contributed by atoms with E-state index in [-0.39, 0.29) is 11.8 Å². The third-order valence-corrected chi connectivity index (χ3v) is 4.32. The molecule has 0 aromatic heterocycles. The molecule has 0 spiro atoms. The minimum absolute atomic E-state index is 0.0557. The zero-order chi connectivity index (χ0) is 13.8. The molecule has 20 heavy (non-hydrogen) atoms. The second kappa shape index (κ2) is 6.37. The Hall–Kier alpha value is -1.39. The van der Waals surface area contributed by atoms with Crippen molar-refractivity contribution in [3.05, 3.63) is 35.4 Å². The number of nitrogens with one attached hydrogen (secondary N) is 2. The predicted octanol–water partition coefficient (Wildman–Crippen LogP) is 1.42. The lowest BCUT2D eigenvalue weighted by molar-refractivity contribution is -0.123. The zero-order valence-electron chi connectivity index (χ0n) is 11.7. The maximum atomic E-state index is 12.4. The summed E-state index contributed by atoms with van der Waals surface area (Å²) in [5.74, 6) is 0.662. The van der Waals surface area contributed by atoms with E-state index < -0.39 is 0 Å². The number of rotatable bonds is 3. The molecule has 4 nitrogen and oxygen atoms in total. The normalized spacial score (nSPS) is 23.1. The van der Waals surface area contributed by atoms with Crippen LogP contribution in [-0.2, 0) is 16.1 Å². The van der Waals surface area contributed by atoms with E-state index in [0.717, 1.165) is 45.7 Å². The van der Waals surface area contributed by atoms with Crippen LogP contribution in [0.5, 0.6) is 0 Å². The first kappa shape index (κ1) is 13.6. The number of hydrogen-bond donors (Lipinski definition) is 2. The summed E-state index contributed by atoms with van der Waals surface area (Å²) in [5.41, 5.74) is 2.42. The van der Waals surface area contributed by atoms with Gasteiger partial charge in [0, 0.05) is 32.8 Å². The van der Waals surface area contributed by atoms with E-state index in [1.807, 2.05) is 12.1 Å². The van der Waals surface area contributed by atoms with Gasteiger partial charge in [-0.25, -0.2) is 0 Å². The molecule has 2 aliphatic heterocycles. The quantitative estimate of drug-likeness (QED) is 0.876. The van der Waals surface area contributed by atoms with Gasteiger partial charge in [-0.15, -0.1) is 0 Å². The summed E-state index contributed by atoms with van der Waals surface area (Å²) in [6.07, 6.45) is 2.11. The fraction of sp³-hybridized carbons (Fsp3) is 0.562. The lowest BCUT2D eigenvalue weighted by Crippen LogP contribution is -2.41. The highest BCUT2D eigenvalue weighted by atomic mass is 16.5. The molecule has 1 aromatic rings. The molecule has 1 unspecified atom stereocenters.